The highest BCUT2D eigenvalue weighted by molar-refractivity contribution is 5.79. The number of likely N-dealkylation sites (tertiary alicyclic amines) is 1. The first-order chi connectivity index (χ1) is 8.15. The summed E-state index contributed by atoms with van der Waals surface area (Å²) in [4.78, 5) is 13.8. The molecule has 0 bridgehead atoms. The summed E-state index contributed by atoms with van der Waals surface area (Å²) in [6, 6.07) is 8.02. The zero-order valence-corrected chi connectivity index (χ0v) is 10.2. The van der Waals surface area contributed by atoms with Crippen LogP contribution in [0.25, 0.3) is 0 Å². The Morgan fingerprint density at radius 3 is 3.06 bits per heavy atom. The number of aliphatic hydroxyl groups is 1. The molecule has 1 aliphatic rings. The number of carbonyl (C=O) groups is 1. The summed E-state index contributed by atoms with van der Waals surface area (Å²) >= 11 is 0. The predicted molar refractivity (Wildman–Crippen MR) is 66.7 cm³/mol. The lowest BCUT2D eigenvalue weighted by Gasteiger charge is -2.30. The van der Waals surface area contributed by atoms with E-state index in [-0.39, 0.29) is 12.0 Å². The van der Waals surface area contributed by atoms with Gasteiger partial charge in [0.1, 0.15) is 0 Å². The zero-order valence-electron chi connectivity index (χ0n) is 10.2. The molecule has 1 fully saturated rings. The maximum Gasteiger partial charge on any atom is 0.227 e. The van der Waals surface area contributed by atoms with E-state index in [0.29, 0.717) is 13.0 Å². The first-order valence-electron chi connectivity index (χ1n) is 6.16. The minimum absolute atomic E-state index is 0.120. The summed E-state index contributed by atoms with van der Waals surface area (Å²) in [6.07, 6.45) is 1.81. The lowest BCUT2D eigenvalue weighted by atomic mass is 10.1. The van der Waals surface area contributed by atoms with Crippen LogP contribution in [0.15, 0.2) is 24.3 Å². The third-order valence-electron chi connectivity index (χ3n) is 3.19. The Labute approximate surface area is 102 Å². The van der Waals surface area contributed by atoms with Gasteiger partial charge in [-0.05, 0) is 25.3 Å². The second-order valence-electron chi connectivity index (χ2n) is 4.80. The van der Waals surface area contributed by atoms with Gasteiger partial charge in [-0.1, -0.05) is 29.8 Å². The van der Waals surface area contributed by atoms with E-state index in [0.717, 1.165) is 24.9 Å². The van der Waals surface area contributed by atoms with E-state index in [2.05, 4.69) is 0 Å². The van der Waals surface area contributed by atoms with Crippen LogP contribution in [0.4, 0.5) is 0 Å². The summed E-state index contributed by atoms with van der Waals surface area (Å²) in [5.41, 5.74) is 2.23. The van der Waals surface area contributed by atoms with Gasteiger partial charge >= 0.3 is 0 Å². The van der Waals surface area contributed by atoms with Crippen molar-refractivity contribution in [2.75, 3.05) is 13.1 Å². The number of hydrogen-bond acceptors (Lipinski definition) is 2. The van der Waals surface area contributed by atoms with Gasteiger partial charge < -0.3 is 10.0 Å². The molecule has 2 rings (SSSR count). The SMILES string of the molecule is Cc1cccc(CC(=O)N2CCC[C@H](O)C2)c1. The molecule has 0 aliphatic carbocycles. The number of aliphatic hydroxyl groups excluding tert-OH is 1. The lowest BCUT2D eigenvalue weighted by Crippen LogP contribution is -2.42. The molecule has 0 saturated carbocycles. The van der Waals surface area contributed by atoms with Crippen molar-refractivity contribution in [3.8, 4) is 0 Å². The number of rotatable bonds is 2. The molecule has 0 aromatic heterocycles. The number of benzene rings is 1. The first-order valence-corrected chi connectivity index (χ1v) is 6.16. The zero-order chi connectivity index (χ0) is 12.3. The highest BCUT2D eigenvalue weighted by Crippen LogP contribution is 2.12. The molecule has 1 aromatic rings. The van der Waals surface area contributed by atoms with Gasteiger partial charge in [-0.25, -0.2) is 0 Å². The van der Waals surface area contributed by atoms with Crippen molar-refractivity contribution in [3.63, 3.8) is 0 Å². The van der Waals surface area contributed by atoms with E-state index in [9.17, 15) is 9.90 Å². The van der Waals surface area contributed by atoms with Crippen LogP contribution in [0.3, 0.4) is 0 Å². The number of aryl methyl sites for hydroxylation is 1. The topological polar surface area (TPSA) is 40.5 Å². The van der Waals surface area contributed by atoms with Crippen molar-refractivity contribution in [1.29, 1.82) is 0 Å². The molecule has 92 valence electrons. The second kappa shape index (κ2) is 5.32. The van der Waals surface area contributed by atoms with Gasteiger partial charge in [0.05, 0.1) is 12.5 Å². The van der Waals surface area contributed by atoms with Gasteiger partial charge in [-0.2, -0.15) is 0 Å². The van der Waals surface area contributed by atoms with E-state index in [4.69, 9.17) is 0 Å². The standard InChI is InChI=1S/C14H19NO2/c1-11-4-2-5-12(8-11)9-14(17)15-7-3-6-13(16)10-15/h2,4-5,8,13,16H,3,6-7,9-10H2,1H3/t13-/m0/s1. The molecule has 3 nitrogen and oxygen atoms in total. The van der Waals surface area contributed by atoms with Crippen LogP contribution in [-0.4, -0.2) is 35.1 Å². The van der Waals surface area contributed by atoms with Crippen molar-refractivity contribution in [1.82, 2.24) is 4.90 Å². The van der Waals surface area contributed by atoms with Crippen LogP contribution < -0.4 is 0 Å². The van der Waals surface area contributed by atoms with Crippen molar-refractivity contribution in [2.45, 2.75) is 32.3 Å². The van der Waals surface area contributed by atoms with Crippen LogP contribution in [0.2, 0.25) is 0 Å². The molecule has 3 heteroatoms. The average molecular weight is 233 g/mol. The van der Waals surface area contributed by atoms with Crippen LogP contribution in [0.1, 0.15) is 24.0 Å². The average Bonchev–Trinajstić information content (AvgIpc) is 2.29. The summed E-state index contributed by atoms with van der Waals surface area (Å²) in [6.45, 7) is 3.30. The largest absolute Gasteiger partial charge is 0.391 e. The highest BCUT2D eigenvalue weighted by Gasteiger charge is 2.21. The smallest absolute Gasteiger partial charge is 0.227 e. The van der Waals surface area contributed by atoms with Crippen LogP contribution >= 0.6 is 0 Å². The number of β-amino-alcohol motifs (C(OH)–C–C–N with tert-alkyl or cyclic N) is 1. The fraction of sp³-hybridized carbons (Fsp3) is 0.500. The van der Waals surface area contributed by atoms with E-state index in [1.807, 2.05) is 31.2 Å². The maximum atomic E-state index is 12.0. The summed E-state index contributed by atoms with van der Waals surface area (Å²) in [5, 5.41) is 9.54. The number of amides is 1. The molecule has 1 atom stereocenters. The molecule has 1 N–H and O–H groups in total. The third kappa shape index (κ3) is 3.30. The third-order valence-corrected chi connectivity index (χ3v) is 3.19. The Hall–Kier alpha value is -1.35. The molecule has 0 unspecified atom stereocenters. The minimum Gasteiger partial charge on any atom is -0.391 e. The van der Waals surface area contributed by atoms with Crippen LogP contribution in [0.5, 0.6) is 0 Å². The molecule has 1 heterocycles. The highest BCUT2D eigenvalue weighted by atomic mass is 16.3. The number of piperidine rings is 1. The van der Waals surface area contributed by atoms with Crippen molar-refractivity contribution < 1.29 is 9.90 Å². The van der Waals surface area contributed by atoms with Gasteiger partial charge in [0.25, 0.3) is 0 Å². The van der Waals surface area contributed by atoms with Gasteiger partial charge in [0.2, 0.25) is 5.91 Å². The van der Waals surface area contributed by atoms with Crippen LogP contribution in [0, 0.1) is 6.92 Å². The Morgan fingerprint density at radius 1 is 1.53 bits per heavy atom. The second-order valence-corrected chi connectivity index (χ2v) is 4.80. The predicted octanol–water partition coefficient (Wildman–Crippen LogP) is 1.52. The summed E-state index contributed by atoms with van der Waals surface area (Å²) in [7, 11) is 0. The quantitative estimate of drug-likeness (QED) is 0.841. The molecule has 0 spiro atoms. The molecule has 17 heavy (non-hydrogen) atoms. The van der Waals surface area contributed by atoms with Crippen molar-refractivity contribution in [2.24, 2.45) is 0 Å². The number of hydrogen-bond donors (Lipinski definition) is 1. The molecular formula is C14H19NO2. The van der Waals surface area contributed by atoms with E-state index in [1.54, 1.807) is 4.90 Å². The van der Waals surface area contributed by atoms with Gasteiger partial charge in [0, 0.05) is 13.1 Å². The summed E-state index contributed by atoms with van der Waals surface area (Å²) < 4.78 is 0. The number of carbonyl (C=O) groups excluding carboxylic acids is 1. The van der Waals surface area contributed by atoms with E-state index in [1.165, 1.54) is 5.56 Å². The Kier molecular flexibility index (Phi) is 3.79. The summed E-state index contributed by atoms with van der Waals surface area (Å²) in [5.74, 6) is 0.120. The first kappa shape index (κ1) is 12.1. The van der Waals surface area contributed by atoms with Gasteiger partial charge in [-0.3, -0.25) is 4.79 Å². The normalized spacial score (nSPS) is 20.4. The molecule has 1 amide bonds. The minimum atomic E-state index is -0.342. The van der Waals surface area contributed by atoms with Gasteiger partial charge in [-0.15, -0.1) is 0 Å². The Bertz CT molecular complexity index is 403. The van der Waals surface area contributed by atoms with E-state index >= 15 is 0 Å². The molecule has 0 radical (unpaired) electrons. The molecule has 1 aliphatic heterocycles. The molecule has 1 aromatic carbocycles. The lowest BCUT2D eigenvalue weighted by molar-refractivity contribution is -0.133. The Balaban J connectivity index is 1.96. The monoisotopic (exact) mass is 233 g/mol. The number of nitrogens with zero attached hydrogens (tertiary/aromatic N) is 1. The van der Waals surface area contributed by atoms with Crippen LogP contribution in [-0.2, 0) is 11.2 Å². The molecular weight excluding hydrogens is 214 g/mol. The maximum absolute atomic E-state index is 12.0. The Morgan fingerprint density at radius 2 is 2.35 bits per heavy atom. The van der Waals surface area contributed by atoms with Crippen molar-refractivity contribution >= 4 is 5.91 Å². The fourth-order valence-corrected chi connectivity index (χ4v) is 2.29. The van der Waals surface area contributed by atoms with E-state index < -0.39 is 0 Å². The van der Waals surface area contributed by atoms with Crippen molar-refractivity contribution in [3.05, 3.63) is 35.4 Å². The molecule has 1 saturated heterocycles. The van der Waals surface area contributed by atoms with Gasteiger partial charge in [0.15, 0.2) is 0 Å². The fourth-order valence-electron chi connectivity index (χ4n) is 2.29.